The lowest BCUT2D eigenvalue weighted by Crippen LogP contribution is -1.84. The van der Waals surface area contributed by atoms with Gasteiger partial charge in [0.05, 0.1) is 0 Å². The molecular formula is C66H104S4. The van der Waals surface area contributed by atoms with Crippen molar-refractivity contribution >= 4 is 96.5 Å². The summed E-state index contributed by atoms with van der Waals surface area (Å²) >= 11 is 8.74. The van der Waals surface area contributed by atoms with E-state index >= 15 is 0 Å². The largest absolute Gasteiger partial charge is 0.140 e. The maximum Gasteiger partial charge on any atom is 0.0446 e. The molecule has 0 aliphatic heterocycles. The maximum atomic E-state index is 2.69. The third-order valence-corrected chi connectivity index (χ3v) is 20.8. The minimum atomic E-state index is 1.25. The summed E-state index contributed by atoms with van der Waals surface area (Å²) in [5.41, 5.74) is 0. The summed E-state index contributed by atoms with van der Waals surface area (Å²) in [6.07, 6.45) is 61.3. The Balaban J connectivity index is 1.24. The Kier molecular flexibility index (Phi) is 28.8. The molecule has 2 aromatic carbocycles. The Morgan fingerprint density at radius 1 is 0.214 bits per heavy atom. The van der Waals surface area contributed by atoms with Crippen molar-refractivity contribution < 1.29 is 0 Å². The van der Waals surface area contributed by atoms with E-state index < -0.39 is 0 Å². The molecule has 4 heteroatoms. The number of unbranched alkanes of at least 4 members (excludes halogenated alkanes) is 36. The van der Waals surface area contributed by atoms with E-state index in [-0.39, 0.29) is 0 Å². The zero-order valence-corrected chi connectivity index (χ0v) is 49.3. The van der Waals surface area contributed by atoms with Crippen LogP contribution in [0.1, 0.15) is 304 Å². The lowest BCUT2D eigenvalue weighted by atomic mass is 9.99. The first-order chi connectivity index (χ1) is 34.7. The summed E-state index contributed by atoms with van der Waals surface area (Å²) in [5, 5.41) is 9.56. The second kappa shape index (κ2) is 34.9. The molecule has 0 N–H and O–H groups in total. The van der Waals surface area contributed by atoms with E-state index in [1.165, 1.54) is 283 Å². The molecule has 0 saturated heterocycles. The molecule has 0 saturated carbocycles. The molecule has 0 amide bonds. The first-order valence-corrected chi connectivity index (χ1v) is 34.2. The van der Waals surface area contributed by atoms with Crippen LogP contribution in [0, 0.1) is 0 Å². The van der Waals surface area contributed by atoms with E-state index in [0.717, 1.165) is 0 Å². The van der Waals surface area contributed by atoms with Crippen molar-refractivity contribution in [2.75, 3.05) is 0 Å². The van der Waals surface area contributed by atoms with Gasteiger partial charge in [-0.2, -0.15) is 0 Å². The number of hydrogen-bond donors (Lipinski definition) is 0. The number of hydrogen-bond acceptors (Lipinski definition) is 4. The first kappa shape index (κ1) is 57.8. The standard InChI is InChI=1S/C66H104S4/c1-5-9-13-17-21-25-29-33-37-41-45-53-49-57-58-50-54(46-42-38-34-30-26-22-18-14-10-6-2)68-64(58)62-61(63(57)67-53)65-59(51-55(69-65)47-43-39-35-31-27-23-19-15-11-7-3)60-52-56(70-66(60)62)48-44-40-36-32-28-24-20-16-12-8-4/h49-52H,5-48H2,1-4H3. The summed E-state index contributed by atoms with van der Waals surface area (Å²) in [6.45, 7) is 9.32. The Bertz CT molecular complexity index is 1960. The fourth-order valence-electron chi connectivity index (χ4n) is 11.6. The number of fused-ring (bicyclic) bond motifs is 11. The Labute approximate surface area is 447 Å². The average molecular weight is 1030 g/mol. The van der Waals surface area contributed by atoms with E-state index in [4.69, 9.17) is 0 Å². The normalized spacial score (nSPS) is 12.2. The number of thiophene rings is 4. The SMILES string of the molecule is CCCCCCCCCCCCc1cc2c3cc(CCCCCCCCCCCC)sc3c3c4sc(CCCCCCCCCCCC)cc4c4cc(CCCCCCCCCCCC)sc4c3c2s1. The van der Waals surface area contributed by atoms with Crippen molar-refractivity contribution in [2.24, 2.45) is 0 Å². The highest BCUT2D eigenvalue weighted by molar-refractivity contribution is 7.27. The van der Waals surface area contributed by atoms with Gasteiger partial charge in [0.2, 0.25) is 0 Å². The predicted octanol–water partition coefficient (Wildman–Crippen LogP) is 25.6. The third kappa shape index (κ3) is 19.0. The topological polar surface area (TPSA) is 0 Å². The van der Waals surface area contributed by atoms with E-state index in [1.54, 1.807) is 70.6 Å². The first-order valence-electron chi connectivity index (χ1n) is 30.9. The number of rotatable bonds is 44. The average Bonchev–Trinajstić information content (AvgIpc) is 4.19. The highest BCUT2D eigenvalue weighted by atomic mass is 32.1. The van der Waals surface area contributed by atoms with Gasteiger partial charge >= 0.3 is 0 Å². The lowest BCUT2D eigenvalue weighted by Gasteiger charge is -2.07. The van der Waals surface area contributed by atoms with Crippen molar-refractivity contribution in [1.29, 1.82) is 0 Å². The van der Waals surface area contributed by atoms with Gasteiger partial charge in [-0.3, -0.25) is 0 Å². The molecule has 0 aliphatic rings. The van der Waals surface area contributed by atoms with Crippen LogP contribution in [0.3, 0.4) is 0 Å². The Hall–Kier alpha value is -1.46. The van der Waals surface area contributed by atoms with Crippen LogP contribution in [0.4, 0.5) is 0 Å². The van der Waals surface area contributed by atoms with Crippen molar-refractivity contribution in [3.05, 3.63) is 43.8 Å². The molecule has 4 heterocycles. The van der Waals surface area contributed by atoms with Gasteiger partial charge < -0.3 is 0 Å². The number of benzene rings is 2. The maximum absolute atomic E-state index is 2.69. The molecule has 0 nitrogen and oxygen atoms in total. The van der Waals surface area contributed by atoms with Gasteiger partial charge in [0, 0.05) is 70.6 Å². The van der Waals surface area contributed by atoms with Crippen LogP contribution in [-0.2, 0) is 25.7 Å². The number of aryl methyl sites for hydroxylation is 4. The Morgan fingerprint density at radius 3 is 0.543 bits per heavy atom. The second-order valence-corrected chi connectivity index (χ2v) is 26.8. The van der Waals surface area contributed by atoms with Crippen LogP contribution in [0.2, 0.25) is 0 Å². The van der Waals surface area contributed by atoms with Crippen LogP contribution in [0.25, 0.3) is 51.1 Å². The summed E-state index contributed by atoms with van der Waals surface area (Å²) < 4.78 is 6.43. The quantitative estimate of drug-likeness (QED) is 0.0335. The summed E-state index contributed by atoms with van der Waals surface area (Å²) in [6, 6.07) is 10.7. The van der Waals surface area contributed by atoms with Crippen molar-refractivity contribution in [2.45, 2.75) is 310 Å². The van der Waals surface area contributed by atoms with Crippen LogP contribution in [-0.4, -0.2) is 0 Å². The molecule has 0 atom stereocenters. The summed E-state index contributed by atoms with van der Waals surface area (Å²) in [7, 11) is 0. The van der Waals surface area contributed by atoms with E-state index in [2.05, 4.69) is 97.3 Å². The van der Waals surface area contributed by atoms with Crippen LogP contribution < -0.4 is 0 Å². The van der Waals surface area contributed by atoms with Gasteiger partial charge in [-0.05, 0) is 75.6 Å². The Morgan fingerprint density at radius 2 is 0.371 bits per heavy atom. The van der Waals surface area contributed by atoms with Gasteiger partial charge in [0.15, 0.2) is 0 Å². The molecule has 0 bridgehead atoms. The van der Waals surface area contributed by atoms with Gasteiger partial charge in [-0.25, -0.2) is 0 Å². The highest BCUT2D eigenvalue weighted by Crippen LogP contribution is 2.52. The van der Waals surface area contributed by atoms with Gasteiger partial charge in [0.25, 0.3) is 0 Å². The van der Waals surface area contributed by atoms with Gasteiger partial charge in [0.1, 0.15) is 0 Å². The molecule has 0 spiro atoms. The smallest absolute Gasteiger partial charge is 0.0446 e. The zero-order chi connectivity index (χ0) is 48.9. The molecule has 0 radical (unpaired) electrons. The second-order valence-electron chi connectivity index (χ2n) is 22.3. The minimum absolute atomic E-state index is 1.25. The minimum Gasteiger partial charge on any atom is -0.140 e. The predicted molar refractivity (Wildman–Crippen MR) is 328 cm³/mol. The monoisotopic (exact) mass is 1020 g/mol. The third-order valence-electron chi connectivity index (χ3n) is 16.0. The molecular weight excluding hydrogens is 921 g/mol. The lowest BCUT2D eigenvalue weighted by molar-refractivity contribution is 0.557. The molecule has 6 rings (SSSR count). The van der Waals surface area contributed by atoms with Crippen molar-refractivity contribution in [3.63, 3.8) is 0 Å². The van der Waals surface area contributed by atoms with E-state index in [0.29, 0.717) is 0 Å². The van der Waals surface area contributed by atoms with Crippen LogP contribution >= 0.6 is 45.3 Å². The fraction of sp³-hybridized carbons (Fsp3) is 0.727. The van der Waals surface area contributed by atoms with Gasteiger partial charge in [-0.15, -0.1) is 45.3 Å². The zero-order valence-electron chi connectivity index (χ0n) is 46.1. The summed E-state index contributed by atoms with van der Waals surface area (Å²) in [4.78, 5) is 6.53. The molecule has 0 aliphatic carbocycles. The molecule has 4 aromatic heterocycles. The van der Waals surface area contributed by atoms with Crippen molar-refractivity contribution in [3.8, 4) is 0 Å². The van der Waals surface area contributed by atoms with E-state index in [9.17, 15) is 0 Å². The highest BCUT2D eigenvalue weighted by Gasteiger charge is 2.23. The molecule has 0 fully saturated rings. The molecule has 70 heavy (non-hydrogen) atoms. The van der Waals surface area contributed by atoms with E-state index in [1.807, 2.05) is 0 Å². The molecule has 0 unspecified atom stereocenters. The van der Waals surface area contributed by atoms with Crippen molar-refractivity contribution in [1.82, 2.24) is 0 Å². The fourth-order valence-corrected chi connectivity index (χ4v) is 16.8. The molecule has 392 valence electrons. The van der Waals surface area contributed by atoms with Crippen LogP contribution in [0.5, 0.6) is 0 Å². The summed E-state index contributed by atoms with van der Waals surface area (Å²) in [5.74, 6) is 0. The van der Waals surface area contributed by atoms with Crippen LogP contribution in [0.15, 0.2) is 24.3 Å². The molecule has 6 aromatic rings. The van der Waals surface area contributed by atoms with Gasteiger partial charge in [-0.1, -0.05) is 259 Å².